The van der Waals surface area contributed by atoms with Gasteiger partial charge in [0, 0.05) is 5.56 Å². The number of hydrogen-bond donors (Lipinski definition) is 1. The lowest BCUT2D eigenvalue weighted by Crippen LogP contribution is -2.54. The number of nitriles is 1. The molecule has 0 aromatic heterocycles. The van der Waals surface area contributed by atoms with Crippen LogP contribution in [0.4, 0.5) is 5.69 Å². The number of benzene rings is 3. The Morgan fingerprint density at radius 3 is 2.50 bits per heavy atom. The summed E-state index contributed by atoms with van der Waals surface area (Å²) in [4.78, 5) is 26.8. The Labute approximate surface area is 211 Å². The zero-order valence-corrected chi connectivity index (χ0v) is 19.7. The van der Waals surface area contributed by atoms with Crippen molar-refractivity contribution in [1.82, 2.24) is 5.32 Å². The average molecular weight is 508 g/mol. The first-order chi connectivity index (χ1) is 16.4. The van der Waals surface area contributed by atoms with Crippen molar-refractivity contribution in [2.24, 2.45) is 0 Å². The molecule has 1 heterocycles. The zero-order chi connectivity index (χ0) is 24.2. The second-order valence-electron chi connectivity index (χ2n) is 7.16. The molecule has 3 aromatic rings. The van der Waals surface area contributed by atoms with Crippen LogP contribution in [0.2, 0.25) is 10.0 Å². The lowest BCUT2D eigenvalue weighted by molar-refractivity contribution is -0.122. The molecule has 6 nitrogen and oxygen atoms in total. The highest BCUT2D eigenvalue weighted by Gasteiger charge is 2.35. The summed E-state index contributed by atoms with van der Waals surface area (Å²) in [6, 6.07) is 21.0. The molecular weight excluding hydrogens is 493 g/mol. The number of nitrogens with one attached hydrogen (secondary N) is 1. The van der Waals surface area contributed by atoms with E-state index in [4.69, 9.17) is 40.2 Å². The van der Waals surface area contributed by atoms with Gasteiger partial charge in [-0.25, -0.2) is 0 Å². The Bertz CT molecular complexity index is 1380. The summed E-state index contributed by atoms with van der Waals surface area (Å²) >= 11 is 17.5. The van der Waals surface area contributed by atoms with E-state index in [1.807, 2.05) is 12.1 Å². The first-order valence-electron chi connectivity index (χ1n) is 9.95. The van der Waals surface area contributed by atoms with E-state index in [2.05, 4.69) is 11.4 Å². The molecule has 0 spiro atoms. The maximum atomic E-state index is 13.2. The van der Waals surface area contributed by atoms with E-state index in [-0.39, 0.29) is 33.0 Å². The van der Waals surface area contributed by atoms with Crippen molar-refractivity contribution in [2.45, 2.75) is 6.61 Å². The molecular formula is C25H15Cl2N3O3S. The average Bonchev–Trinajstić information content (AvgIpc) is 2.84. The number of hydrogen-bond acceptors (Lipinski definition) is 5. The third kappa shape index (κ3) is 4.80. The second-order valence-corrected chi connectivity index (χ2v) is 8.33. The van der Waals surface area contributed by atoms with Gasteiger partial charge in [0.25, 0.3) is 11.8 Å². The van der Waals surface area contributed by atoms with Crippen LogP contribution in [0.1, 0.15) is 16.7 Å². The highest BCUT2D eigenvalue weighted by atomic mass is 35.5. The van der Waals surface area contributed by atoms with Crippen LogP contribution < -0.4 is 15.0 Å². The maximum absolute atomic E-state index is 13.2. The van der Waals surface area contributed by atoms with Gasteiger partial charge in [-0.05, 0) is 54.2 Å². The molecule has 1 fully saturated rings. The number of nitrogens with zero attached hydrogens (tertiary/aromatic N) is 2. The van der Waals surface area contributed by atoms with Gasteiger partial charge < -0.3 is 4.74 Å². The van der Waals surface area contributed by atoms with Crippen LogP contribution in [-0.2, 0) is 16.2 Å². The van der Waals surface area contributed by atoms with Crippen molar-refractivity contribution >= 4 is 64.1 Å². The number of halogens is 2. The molecule has 3 aromatic carbocycles. The zero-order valence-electron chi connectivity index (χ0n) is 17.4. The van der Waals surface area contributed by atoms with Crippen LogP contribution in [0.3, 0.4) is 0 Å². The summed E-state index contributed by atoms with van der Waals surface area (Å²) in [6.07, 6.45) is 1.46. The fourth-order valence-corrected chi connectivity index (χ4v) is 3.94. The fourth-order valence-electron chi connectivity index (χ4n) is 3.28. The third-order valence-corrected chi connectivity index (χ3v) is 6.09. The Hall–Kier alpha value is -3.70. The van der Waals surface area contributed by atoms with Gasteiger partial charge in [0.15, 0.2) is 5.11 Å². The van der Waals surface area contributed by atoms with Crippen LogP contribution in [0, 0.1) is 11.3 Å². The summed E-state index contributed by atoms with van der Waals surface area (Å²) in [7, 11) is 0. The van der Waals surface area contributed by atoms with Crippen LogP contribution in [0.25, 0.3) is 6.08 Å². The van der Waals surface area contributed by atoms with Crippen molar-refractivity contribution < 1.29 is 14.3 Å². The molecule has 0 radical (unpaired) electrons. The summed E-state index contributed by atoms with van der Waals surface area (Å²) in [5.74, 6) is -0.660. The molecule has 0 aliphatic carbocycles. The highest BCUT2D eigenvalue weighted by Crippen LogP contribution is 2.34. The van der Waals surface area contributed by atoms with Crippen LogP contribution in [0.15, 0.2) is 72.3 Å². The van der Waals surface area contributed by atoms with Crippen molar-refractivity contribution in [3.8, 4) is 11.8 Å². The molecule has 2 amide bonds. The van der Waals surface area contributed by atoms with E-state index < -0.39 is 11.8 Å². The Morgan fingerprint density at radius 2 is 1.76 bits per heavy atom. The first-order valence-corrected chi connectivity index (χ1v) is 11.1. The molecule has 1 N–H and O–H groups in total. The topological polar surface area (TPSA) is 82.4 Å². The van der Waals surface area contributed by atoms with Gasteiger partial charge in [-0.15, -0.1) is 0 Å². The molecule has 1 aliphatic rings. The summed E-state index contributed by atoms with van der Waals surface area (Å²) < 4.78 is 5.76. The van der Waals surface area contributed by atoms with E-state index in [1.165, 1.54) is 6.08 Å². The number of carbonyl (C=O) groups excluding carboxylic acids is 2. The van der Waals surface area contributed by atoms with E-state index in [0.29, 0.717) is 16.9 Å². The van der Waals surface area contributed by atoms with Gasteiger partial charge in [-0.2, -0.15) is 5.26 Å². The SMILES string of the molecule is N#Cc1ccccc1COc1ccc(C=C2C(=O)NC(=S)N(c3cccc(Cl)c3Cl)C2=O)cc1. The van der Waals surface area contributed by atoms with Gasteiger partial charge in [0.05, 0.1) is 27.4 Å². The predicted octanol–water partition coefficient (Wildman–Crippen LogP) is 5.28. The van der Waals surface area contributed by atoms with E-state index in [1.54, 1.807) is 54.6 Å². The Morgan fingerprint density at radius 1 is 1.03 bits per heavy atom. The van der Waals surface area contributed by atoms with Crippen molar-refractivity contribution in [2.75, 3.05) is 4.90 Å². The van der Waals surface area contributed by atoms with Crippen LogP contribution in [-0.4, -0.2) is 16.9 Å². The van der Waals surface area contributed by atoms with Gasteiger partial charge >= 0.3 is 0 Å². The molecule has 4 rings (SSSR count). The van der Waals surface area contributed by atoms with Crippen LogP contribution >= 0.6 is 35.4 Å². The molecule has 0 unspecified atom stereocenters. The smallest absolute Gasteiger partial charge is 0.270 e. The van der Waals surface area contributed by atoms with E-state index in [9.17, 15) is 14.9 Å². The number of ether oxygens (including phenoxy) is 1. The summed E-state index contributed by atoms with van der Waals surface area (Å²) in [5, 5.41) is 12.0. The highest BCUT2D eigenvalue weighted by molar-refractivity contribution is 7.80. The minimum absolute atomic E-state index is 0.0854. The Kier molecular flexibility index (Phi) is 6.94. The van der Waals surface area contributed by atoms with Crippen LogP contribution in [0.5, 0.6) is 5.75 Å². The fraction of sp³-hybridized carbons (Fsp3) is 0.0400. The summed E-state index contributed by atoms with van der Waals surface area (Å²) in [6.45, 7) is 0.234. The minimum atomic E-state index is -0.619. The van der Waals surface area contributed by atoms with E-state index in [0.717, 1.165) is 10.5 Å². The van der Waals surface area contributed by atoms with Crippen molar-refractivity contribution in [3.63, 3.8) is 0 Å². The third-order valence-electron chi connectivity index (χ3n) is 5.00. The predicted molar refractivity (Wildman–Crippen MR) is 135 cm³/mol. The number of carbonyl (C=O) groups is 2. The maximum Gasteiger partial charge on any atom is 0.270 e. The molecule has 1 aliphatic heterocycles. The second kappa shape index (κ2) is 10.1. The van der Waals surface area contributed by atoms with E-state index >= 15 is 0 Å². The van der Waals surface area contributed by atoms with Gasteiger partial charge in [0.2, 0.25) is 0 Å². The normalized spacial score (nSPS) is 14.7. The molecule has 1 saturated heterocycles. The van der Waals surface area contributed by atoms with Crippen molar-refractivity contribution in [3.05, 3.63) is 99.0 Å². The number of rotatable bonds is 5. The molecule has 0 saturated carbocycles. The van der Waals surface area contributed by atoms with Crippen molar-refractivity contribution in [1.29, 1.82) is 5.26 Å². The largest absolute Gasteiger partial charge is 0.489 e. The standard InChI is InChI=1S/C25H15Cl2N3O3S/c26-20-6-3-7-21(22(20)27)30-24(32)19(23(31)29-25(30)34)12-15-8-10-18(11-9-15)33-14-17-5-2-1-4-16(17)13-28/h1-12H,14H2,(H,29,31,34). The quantitative estimate of drug-likeness (QED) is 0.288. The number of thiocarbonyl (C=S) groups is 1. The minimum Gasteiger partial charge on any atom is -0.489 e. The molecule has 9 heteroatoms. The molecule has 168 valence electrons. The van der Waals surface area contributed by atoms with Gasteiger partial charge in [-0.1, -0.05) is 59.6 Å². The summed E-state index contributed by atoms with van der Waals surface area (Å²) in [5.41, 5.74) is 2.09. The first kappa shape index (κ1) is 23.5. The van der Waals surface area contributed by atoms with Gasteiger partial charge in [-0.3, -0.25) is 19.8 Å². The lowest BCUT2D eigenvalue weighted by atomic mass is 10.1. The monoisotopic (exact) mass is 507 g/mol. The molecule has 0 atom stereocenters. The Balaban J connectivity index is 1.55. The molecule has 34 heavy (non-hydrogen) atoms. The molecule has 0 bridgehead atoms. The number of anilines is 1. The lowest BCUT2D eigenvalue weighted by Gasteiger charge is -2.29. The van der Waals surface area contributed by atoms with Gasteiger partial charge in [0.1, 0.15) is 17.9 Å². The number of amides is 2.